The molecule has 57 heavy (non-hydrogen) atoms. The number of nitrogens with zero attached hydrogens (tertiary/aromatic N) is 2. The van der Waals surface area contributed by atoms with E-state index in [9.17, 15) is 0 Å². The van der Waals surface area contributed by atoms with E-state index >= 15 is 0 Å². The highest BCUT2D eigenvalue weighted by atomic mass is 16.4. The molecule has 0 aliphatic carbocycles. The summed E-state index contributed by atoms with van der Waals surface area (Å²) in [7, 11) is 0. The largest absolute Gasteiger partial charge is 0.455 e. The van der Waals surface area contributed by atoms with E-state index in [2.05, 4.69) is 163 Å². The predicted octanol–water partition coefficient (Wildman–Crippen LogP) is 15.0. The number of hydrogen-bond donors (Lipinski definition) is 0. The van der Waals surface area contributed by atoms with Crippen LogP contribution in [0.3, 0.4) is 0 Å². The van der Waals surface area contributed by atoms with Gasteiger partial charge in [0.15, 0.2) is 5.58 Å². The third kappa shape index (κ3) is 5.74. The van der Waals surface area contributed by atoms with Crippen LogP contribution in [0, 0.1) is 0 Å². The maximum absolute atomic E-state index is 6.61. The van der Waals surface area contributed by atoms with Crippen LogP contribution >= 0.6 is 0 Å². The molecule has 9 aromatic carbocycles. The predicted molar refractivity (Wildman–Crippen MR) is 235 cm³/mol. The van der Waals surface area contributed by atoms with Crippen LogP contribution in [0.5, 0.6) is 0 Å². The second-order valence-corrected chi connectivity index (χ2v) is 14.3. The molecule has 0 unspecified atom stereocenters. The van der Waals surface area contributed by atoms with Crippen LogP contribution in [-0.4, -0.2) is 4.98 Å². The molecule has 4 nitrogen and oxygen atoms in total. The van der Waals surface area contributed by atoms with Crippen molar-refractivity contribution in [3.8, 4) is 44.8 Å². The first-order chi connectivity index (χ1) is 28.2. The molecule has 2 aromatic heterocycles. The SMILES string of the molecule is c1ccc(-c2ccc(N(c3ccc(-c4cccc5ccccc45)cc3)c3ccc(-c4c5nc(-c6ccccc6)oc5cc5c4oc4ccccc45)cc3)cc2)cc1. The number of para-hydroxylation sites is 1. The van der Waals surface area contributed by atoms with Gasteiger partial charge in [-0.1, -0.05) is 146 Å². The van der Waals surface area contributed by atoms with Gasteiger partial charge in [-0.3, -0.25) is 0 Å². The van der Waals surface area contributed by atoms with E-state index in [1.165, 1.54) is 33.0 Å². The third-order valence-corrected chi connectivity index (χ3v) is 10.9. The topological polar surface area (TPSA) is 42.4 Å². The molecule has 0 fully saturated rings. The Morgan fingerprint density at radius 1 is 0.368 bits per heavy atom. The van der Waals surface area contributed by atoms with Gasteiger partial charge in [0, 0.05) is 33.4 Å². The zero-order valence-corrected chi connectivity index (χ0v) is 30.8. The smallest absolute Gasteiger partial charge is 0.227 e. The van der Waals surface area contributed by atoms with Crippen LogP contribution in [0.15, 0.2) is 215 Å². The number of fused-ring (bicyclic) bond motifs is 5. The maximum Gasteiger partial charge on any atom is 0.227 e. The first-order valence-corrected chi connectivity index (χ1v) is 19.2. The molecule has 0 aliphatic heterocycles. The average molecular weight is 731 g/mol. The molecular weight excluding hydrogens is 697 g/mol. The van der Waals surface area contributed by atoms with Gasteiger partial charge < -0.3 is 13.7 Å². The Balaban J connectivity index is 1.04. The molecule has 0 saturated carbocycles. The zero-order chi connectivity index (χ0) is 37.7. The minimum atomic E-state index is 0.581. The maximum atomic E-state index is 6.61. The van der Waals surface area contributed by atoms with Crippen molar-refractivity contribution in [2.75, 3.05) is 4.90 Å². The number of anilines is 3. The van der Waals surface area contributed by atoms with E-state index < -0.39 is 0 Å². The van der Waals surface area contributed by atoms with Crippen LogP contribution in [0.1, 0.15) is 0 Å². The summed E-state index contributed by atoms with van der Waals surface area (Å²) in [4.78, 5) is 7.39. The van der Waals surface area contributed by atoms with Crippen molar-refractivity contribution in [1.29, 1.82) is 0 Å². The normalized spacial score (nSPS) is 11.5. The first-order valence-electron chi connectivity index (χ1n) is 19.2. The summed E-state index contributed by atoms with van der Waals surface area (Å²) < 4.78 is 13.1. The van der Waals surface area contributed by atoms with Gasteiger partial charge in [-0.15, -0.1) is 0 Å². The molecular formula is C53H34N2O2. The number of rotatable bonds is 7. The number of oxazole rings is 1. The van der Waals surface area contributed by atoms with E-state index in [1.54, 1.807) is 0 Å². The van der Waals surface area contributed by atoms with E-state index in [4.69, 9.17) is 13.8 Å². The highest BCUT2D eigenvalue weighted by Gasteiger charge is 2.22. The quantitative estimate of drug-likeness (QED) is 0.164. The molecule has 0 spiro atoms. The summed E-state index contributed by atoms with van der Waals surface area (Å²) in [6, 6.07) is 72.2. The minimum absolute atomic E-state index is 0.581. The van der Waals surface area contributed by atoms with E-state index in [1.807, 2.05) is 48.5 Å². The van der Waals surface area contributed by atoms with Crippen molar-refractivity contribution < 1.29 is 8.83 Å². The monoisotopic (exact) mass is 730 g/mol. The summed E-state index contributed by atoms with van der Waals surface area (Å²) >= 11 is 0. The Labute approximate surface area is 329 Å². The zero-order valence-electron chi connectivity index (χ0n) is 30.8. The lowest BCUT2D eigenvalue weighted by molar-refractivity contribution is 0.620. The summed E-state index contributed by atoms with van der Waals surface area (Å²) in [6.45, 7) is 0. The molecule has 4 heteroatoms. The second kappa shape index (κ2) is 13.6. The van der Waals surface area contributed by atoms with Gasteiger partial charge in [0.1, 0.15) is 16.7 Å². The lowest BCUT2D eigenvalue weighted by Gasteiger charge is -2.26. The Morgan fingerprint density at radius 3 is 1.61 bits per heavy atom. The number of furan rings is 1. The van der Waals surface area contributed by atoms with Crippen LogP contribution < -0.4 is 4.90 Å². The van der Waals surface area contributed by atoms with Crippen LogP contribution in [0.25, 0.3) is 88.6 Å². The molecule has 0 N–H and O–H groups in total. The highest BCUT2D eigenvalue weighted by molar-refractivity contribution is 6.16. The van der Waals surface area contributed by atoms with Gasteiger partial charge in [-0.25, -0.2) is 4.98 Å². The van der Waals surface area contributed by atoms with E-state index in [0.717, 1.165) is 66.8 Å². The molecule has 0 saturated heterocycles. The molecule has 0 radical (unpaired) electrons. The number of benzene rings is 9. The van der Waals surface area contributed by atoms with Gasteiger partial charge in [-0.05, 0) is 99.3 Å². The first kappa shape index (κ1) is 32.7. The molecule has 11 rings (SSSR count). The summed E-state index contributed by atoms with van der Waals surface area (Å²) in [5.74, 6) is 0.581. The van der Waals surface area contributed by atoms with E-state index in [-0.39, 0.29) is 0 Å². The van der Waals surface area contributed by atoms with Crippen molar-refractivity contribution >= 4 is 60.9 Å². The van der Waals surface area contributed by atoms with Crippen molar-refractivity contribution in [2.45, 2.75) is 0 Å². The Morgan fingerprint density at radius 2 is 0.912 bits per heavy atom. The van der Waals surface area contributed by atoms with Gasteiger partial charge in [0.2, 0.25) is 5.89 Å². The van der Waals surface area contributed by atoms with Gasteiger partial charge in [-0.2, -0.15) is 0 Å². The van der Waals surface area contributed by atoms with Crippen LogP contribution in [0.4, 0.5) is 17.1 Å². The van der Waals surface area contributed by atoms with Gasteiger partial charge in [0.05, 0.1) is 5.56 Å². The van der Waals surface area contributed by atoms with Crippen molar-refractivity contribution in [3.05, 3.63) is 206 Å². The minimum Gasteiger partial charge on any atom is -0.455 e. The summed E-state index contributed by atoms with van der Waals surface area (Å²) in [6.07, 6.45) is 0. The molecule has 11 aromatic rings. The molecule has 268 valence electrons. The molecule has 0 amide bonds. The average Bonchev–Trinajstić information content (AvgIpc) is 3.88. The molecule has 0 bridgehead atoms. The lowest BCUT2D eigenvalue weighted by atomic mass is 9.98. The summed E-state index contributed by atoms with van der Waals surface area (Å²) in [5, 5.41) is 4.52. The fourth-order valence-electron chi connectivity index (χ4n) is 8.14. The number of hydrogen-bond acceptors (Lipinski definition) is 4. The Kier molecular flexibility index (Phi) is 7.78. The van der Waals surface area contributed by atoms with Crippen molar-refractivity contribution in [3.63, 3.8) is 0 Å². The number of aromatic nitrogens is 1. The van der Waals surface area contributed by atoms with E-state index in [0.29, 0.717) is 5.89 Å². The van der Waals surface area contributed by atoms with Crippen LogP contribution in [-0.2, 0) is 0 Å². The third-order valence-electron chi connectivity index (χ3n) is 10.9. The molecule has 0 aliphatic rings. The molecule has 2 heterocycles. The van der Waals surface area contributed by atoms with Gasteiger partial charge in [0.25, 0.3) is 0 Å². The highest BCUT2D eigenvalue weighted by Crippen LogP contribution is 2.44. The van der Waals surface area contributed by atoms with Crippen molar-refractivity contribution in [1.82, 2.24) is 4.98 Å². The lowest BCUT2D eigenvalue weighted by Crippen LogP contribution is -2.09. The Hall–Kier alpha value is -7.69. The standard InChI is InChI=1S/C53H34N2O2/c1-3-12-35(13-4-1)36-22-28-41(29-23-36)55(42-30-24-38(25-31-42)45-20-11-17-37-14-7-8-18-44(37)45)43-32-26-39(27-33-43)50-51-49(57-53(54-51)40-15-5-2-6-16-40)34-47-46-19-9-10-21-48(46)56-52(47)50/h1-34H. The van der Waals surface area contributed by atoms with Crippen molar-refractivity contribution in [2.24, 2.45) is 0 Å². The Bertz CT molecular complexity index is 3200. The fourth-order valence-corrected chi connectivity index (χ4v) is 8.14. The fraction of sp³-hybridized carbons (Fsp3) is 0. The molecule has 0 atom stereocenters. The van der Waals surface area contributed by atoms with Crippen LogP contribution in [0.2, 0.25) is 0 Å². The second-order valence-electron chi connectivity index (χ2n) is 14.3. The summed E-state index contributed by atoms with van der Waals surface area (Å²) in [5.41, 5.74) is 13.9. The van der Waals surface area contributed by atoms with Gasteiger partial charge >= 0.3 is 0 Å².